The Balaban J connectivity index is 2.48. The maximum absolute atomic E-state index is 11.9. The lowest BCUT2D eigenvalue weighted by Crippen LogP contribution is -2.29. The van der Waals surface area contributed by atoms with Crippen molar-refractivity contribution >= 4 is 17.6 Å². The molecule has 6 heteroatoms. The van der Waals surface area contributed by atoms with Gasteiger partial charge in [-0.3, -0.25) is 4.79 Å². The Bertz CT molecular complexity index is 455. The number of nitrogens with zero attached hydrogens (tertiary/aromatic N) is 1. The number of nitrogen functional groups attached to an aromatic ring is 1. The maximum atomic E-state index is 11.9. The Hall–Kier alpha value is -1.98. The van der Waals surface area contributed by atoms with Crippen LogP contribution in [0.25, 0.3) is 0 Å². The van der Waals surface area contributed by atoms with Gasteiger partial charge in [0, 0.05) is 19.3 Å². The molecule has 0 unspecified atom stereocenters. The third-order valence-corrected chi connectivity index (χ3v) is 2.78. The Morgan fingerprint density at radius 1 is 1.35 bits per heavy atom. The van der Waals surface area contributed by atoms with E-state index >= 15 is 0 Å². The average molecular weight is 281 g/mol. The van der Waals surface area contributed by atoms with Gasteiger partial charge >= 0.3 is 5.97 Å². The van der Waals surface area contributed by atoms with E-state index < -0.39 is 5.97 Å². The van der Waals surface area contributed by atoms with E-state index in [-0.39, 0.29) is 12.5 Å². The van der Waals surface area contributed by atoms with Gasteiger partial charge in [0.05, 0.1) is 5.69 Å². The smallest absolute Gasteiger partial charge is 0.355 e. The standard InChI is InChI=1S/C14H23N3O3/c1-3-5-6-16-13(18)10-20-14(19)12-8-11(15)9-17(12)7-4-2/h8-9H,3-7,10,15H2,1-2H3,(H,16,18). The molecule has 1 heterocycles. The summed E-state index contributed by atoms with van der Waals surface area (Å²) in [4.78, 5) is 23.4. The molecule has 0 aromatic carbocycles. The fourth-order valence-electron chi connectivity index (χ4n) is 1.79. The number of nitrogens with two attached hydrogens (primary N) is 1. The van der Waals surface area contributed by atoms with E-state index in [1.165, 1.54) is 0 Å². The molecule has 1 amide bonds. The predicted octanol–water partition coefficient (Wildman–Crippen LogP) is 1.55. The minimum absolute atomic E-state index is 0.264. The monoisotopic (exact) mass is 281 g/mol. The second-order valence-corrected chi connectivity index (χ2v) is 4.63. The molecule has 0 aliphatic carbocycles. The van der Waals surface area contributed by atoms with Crippen LogP contribution in [0.1, 0.15) is 43.6 Å². The molecule has 1 aromatic heterocycles. The number of unbranched alkanes of at least 4 members (excludes halogenated alkanes) is 1. The molecule has 0 spiro atoms. The molecule has 1 rings (SSSR count). The number of nitrogens with one attached hydrogen (secondary N) is 1. The van der Waals surface area contributed by atoms with Crippen LogP contribution in [0.5, 0.6) is 0 Å². The van der Waals surface area contributed by atoms with Crippen LogP contribution < -0.4 is 11.1 Å². The van der Waals surface area contributed by atoms with Gasteiger partial charge in [0.2, 0.25) is 0 Å². The summed E-state index contributed by atoms with van der Waals surface area (Å²) in [5.74, 6) is -0.811. The topological polar surface area (TPSA) is 86.3 Å². The first-order chi connectivity index (χ1) is 9.58. The van der Waals surface area contributed by atoms with Gasteiger partial charge < -0.3 is 20.4 Å². The number of rotatable bonds is 8. The van der Waals surface area contributed by atoms with Crippen LogP contribution in [-0.4, -0.2) is 29.6 Å². The highest BCUT2D eigenvalue weighted by molar-refractivity contribution is 5.91. The van der Waals surface area contributed by atoms with Crippen molar-refractivity contribution in [1.82, 2.24) is 9.88 Å². The Kier molecular flexibility index (Phi) is 6.63. The lowest BCUT2D eigenvalue weighted by Gasteiger charge is -2.08. The minimum atomic E-state index is -0.527. The molecule has 0 aliphatic heterocycles. The first-order valence-electron chi connectivity index (χ1n) is 6.98. The fourth-order valence-corrected chi connectivity index (χ4v) is 1.79. The van der Waals surface area contributed by atoms with Crippen molar-refractivity contribution in [2.45, 2.75) is 39.7 Å². The molecular weight excluding hydrogens is 258 g/mol. The molecule has 3 N–H and O–H groups in total. The van der Waals surface area contributed by atoms with Gasteiger partial charge in [-0.2, -0.15) is 0 Å². The van der Waals surface area contributed by atoms with E-state index in [1.54, 1.807) is 16.8 Å². The number of aromatic nitrogens is 1. The van der Waals surface area contributed by atoms with Gasteiger partial charge in [-0.1, -0.05) is 20.3 Å². The molecule has 112 valence electrons. The van der Waals surface area contributed by atoms with Crippen LogP contribution in [0.15, 0.2) is 12.3 Å². The number of esters is 1. The first kappa shape index (κ1) is 16.1. The number of hydrogen-bond donors (Lipinski definition) is 2. The highest BCUT2D eigenvalue weighted by Gasteiger charge is 2.15. The van der Waals surface area contributed by atoms with E-state index in [0.717, 1.165) is 19.3 Å². The third-order valence-electron chi connectivity index (χ3n) is 2.78. The fraction of sp³-hybridized carbons (Fsp3) is 0.571. The van der Waals surface area contributed by atoms with Crippen molar-refractivity contribution in [1.29, 1.82) is 0 Å². The zero-order valence-electron chi connectivity index (χ0n) is 12.1. The van der Waals surface area contributed by atoms with Crippen molar-refractivity contribution in [3.63, 3.8) is 0 Å². The molecule has 20 heavy (non-hydrogen) atoms. The molecule has 1 aromatic rings. The van der Waals surface area contributed by atoms with Gasteiger partial charge in [-0.25, -0.2) is 4.79 Å². The van der Waals surface area contributed by atoms with Crippen molar-refractivity contribution in [3.05, 3.63) is 18.0 Å². The molecular formula is C14H23N3O3. The Morgan fingerprint density at radius 3 is 2.75 bits per heavy atom. The summed E-state index contributed by atoms with van der Waals surface area (Å²) in [6, 6.07) is 1.56. The number of anilines is 1. The zero-order valence-corrected chi connectivity index (χ0v) is 12.1. The van der Waals surface area contributed by atoms with Gasteiger partial charge in [-0.15, -0.1) is 0 Å². The van der Waals surface area contributed by atoms with Gasteiger partial charge in [0.1, 0.15) is 5.69 Å². The van der Waals surface area contributed by atoms with Gasteiger partial charge in [0.25, 0.3) is 5.91 Å². The number of hydrogen-bond acceptors (Lipinski definition) is 4. The van der Waals surface area contributed by atoms with Crippen molar-refractivity contribution < 1.29 is 14.3 Å². The summed E-state index contributed by atoms with van der Waals surface area (Å²) in [5, 5.41) is 2.69. The normalized spacial score (nSPS) is 10.3. The van der Waals surface area contributed by atoms with Crippen molar-refractivity contribution in [2.75, 3.05) is 18.9 Å². The number of carbonyl (C=O) groups is 2. The van der Waals surface area contributed by atoms with E-state index in [9.17, 15) is 9.59 Å². The number of amides is 1. The van der Waals surface area contributed by atoms with E-state index in [1.807, 2.05) is 13.8 Å². The maximum Gasteiger partial charge on any atom is 0.355 e. The molecule has 0 atom stereocenters. The van der Waals surface area contributed by atoms with Gasteiger partial charge in [0.15, 0.2) is 6.61 Å². The van der Waals surface area contributed by atoms with Crippen LogP contribution >= 0.6 is 0 Å². The lowest BCUT2D eigenvalue weighted by molar-refractivity contribution is -0.124. The molecule has 0 aliphatic rings. The van der Waals surface area contributed by atoms with Crippen molar-refractivity contribution in [3.8, 4) is 0 Å². The summed E-state index contributed by atoms with van der Waals surface area (Å²) in [6.45, 7) is 5.07. The summed E-state index contributed by atoms with van der Waals surface area (Å²) < 4.78 is 6.74. The average Bonchev–Trinajstić information content (AvgIpc) is 2.78. The summed E-state index contributed by atoms with van der Waals surface area (Å²) in [5.41, 5.74) is 6.57. The molecule has 0 saturated heterocycles. The molecule has 0 saturated carbocycles. The molecule has 0 fully saturated rings. The summed E-state index contributed by atoms with van der Waals surface area (Å²) in [7, 11) is 0. The van der Waals surface area contributed by atoms with Crippen LogP contribution in [0.4, 0.5) is 5.69 Å². The van der Waals surface area contributed by atoms with Crippen LogP contribution in [0, 0.1) is 0 Å². The number of aryl methyl sites for hydroxylation is 1. The van der Waals surface area contributed by atoms with E-state index in [4.69, 9.17) is 10.5 Å². The first-order valence-corrected chi connectivity index (χ1v) is 6.98. The third kappa shape index (κ3) is 4.95. The quantitative estimate of drug-likeness (QED) is 0.559. The van der Waals surface area contributed by atoms with Crippen LogP contribution in [0.3, 0.4) is 0 Å². The lowest BCUT2D eigenvalue weighted by atomic mass is 10.3. The van der Waals surface area contributed by atoms with Crippen LogP contribution in [-0.2, 0) is 16.1 Å². The highest BCUT2D eigenvalue weighted by atomic mass is 16.5. The predicted molar refractivity (Wildman–Crippen MR) is 77.3 cm³/mol. The second kappa shape index (κ2) is 8.24. The zero-order chi connectivity index (χ0) is 15.0. The Labute approximate surface area is 119 Å². The van der Waals surface area contributed by atoms with E-state index in [0.29, 0.717) is 24.5 Å². The van der Waals surface area contributed by atoms with Gasteiger partial charge in [-0.05, 0) is 18.9 Å². The van der Waals surface area contributed by atoms with Crippen molar-refractivity contribution in [2.24, 2.45) is 0 Å². The highest BCUT2D eigenvalue weighted by Crippen LogP contribution is 2.12. The molecule has 6 nitrogen and oxygen atoms in total. The number of ether oxygens (including phenoxy) is 1. The molecule has 0 radical (unpaired) electrons. The van der Waals surface area contributed by atoms with Crippen LogP contribution in [0.2, 0.25) is 0 Å². The minimum Gasteiger partial charge on any atom is -0.451 e. The summed E-state index contributed by atoms with van der Waals surface area (Å²) in [6.07, 6.45) is 4.49. The summed E-state index contributed by atoms with van der Waals surface area (Å²) >= 11 is 0. The molecule has 0 bridgehead atoms. The second-order valence-electron chi connectivity index (χ2n) is 4.63. The Morgan fingerprint density at radius 2 is 2.10 bits per heavy atom. The number of carbonyl (C=O) groups excluding carboxylic acids is 2. The largest absolute Gasteiger partial charge is 0.451 e. The SMILES string of the molecule is CCCCNC(=O)COC(=O)c1cc(N)cn1CCC. The van der Waals surface area contributed by atoms with E-state index in [2.05, 4.69) is 5.32 Å².